The highest BCUT2D eigenvalue weighted by molar-refractivity contribution is 8.17. The average molecular weight is 417 g/mol. The molecule has 0 bridgehead atoms. The van der Waals surface area contributed by atoms with Gasteiger partial charge in [-0.1, -0.05) is 23.2 Å². The topological polar surface area (TPSA) is 43.4 Å². The van der Waals surface area contributed by atoms with Crippen LogP contribution in [0.1, 0.15) is 35.2 Å². The first-order valence-electron chi connectivity index (χ1n) is 8.08. The summed E-state index contributed by atoms with van der Waals surface area (Å²) in [6.45, 7) is 0.713. The zero-order valence-electron chi connectivity index (χ0n) is 13.8. The molecule has 1 aromatic carbocycles. The van der Waals surface area contributed by atoms with Gasteiger partial charge >= 0.3 is 0 Å². The van der Waals surface area contributed by atoms with Crippen LogP contribution < -0.4 is 0 Å². The Labute approximate surface area is 165 Å². The number of carbonyl (C=O) groups is 2. The minimum atomic E-state index is -0.344. The third-order valence-electron chi connectivity index (χ3n) is 4.24. The minimum absolute atomic E-state index is 0.117. The van der Waals surface area contributed by atoms with Crippen molar-refractivity contribution < 1.29 is 14.3 Å². The van der Waals surface area contributed by atoms with Crippen LogP contribution in [-0.4, -0.2) is 35.6 Å². The lowest BCUT2D eigenvalue weighted by atomic mass is 9.91. The van der Waals surface area contributed by atoms with Crippen LogP contribution in [0.3, 0.4) is 0 Å². The highest BCUT2D eigenvalue weighted by Gasteiger charge is 2.31. The summed E-state index contributed by atoms with van der Waals surface area (Å²) in [5, 5.41) is 0.820. The molecule has 7 heteroatoms. The second-order valence-electron chi connectivity index (χ2n) is 5.90. The van der Waals surface area contributed by atoms with E-state index in [9.17, 15) is 9.59 Å². The zero-order valence-corrected chi connectivity index (χ0v) is 16.9. The van der Waals surface area contributed by atoms with E-state index in [4.69, 9.17) is 27.9 Å². The van der Waals surface area contributed by atoms with Crippen molar-refractivity contribution in [3.63, 3.8) is 0 Å². The summed E-state index contributed by atoms with van der Waals surface area (Å²) >= 11 is 16.3. The Balaban J connectivity index is 1.83. The van der Waals surface area contributed by atoms with Crippen LogP contribution in [0.15, 0.2) is 27.6 Å². The molecule has 0 aromatic heterocycles. The molecule has 1 aliphatic carbocycles. The van der Waals surface area contributed by atoms with Gasteiger partial charge in [0.1, 0.15) is 0 Å². The first-order valence-corrected chi connectivity index (χ1v) is 10.8. The molecule has 1 unspecified atom stereocenters. The van der Waals surface area contributed by atoms with Crippen molar-refractivity contribution in [2.24, 2.45) is 0 Å². The molecule has 1 atom stereocenters. The van der Waals surface area contributed by atoms with Gasteiger partial charge in [-0.15, -0.1) is 23.5 Å². The normalized spacial score (nSPS) is 20.1. The van der Waals surface area contributed by atoms with Crippen molar-refractivity contribution in [3.05, 3.63) is 38.9 Å². The van der Waals surface area contributed by atoms with Crippen LogP contribution in [0.2, 0.25) is 5.02 Å². The monoisotopic (exact) mass is 416 g/mol. The molecule has 3 rings (SSSR count). The first kappa shape index (κ1) is 19.3. The molecule has 25 heavy (non-hydrogen) atoms. The van der Waals surface area contributed by atoms with E-state index in [1.54, 1.807) is 24.9 Å². The number of hydrogen-bond donors (Lipinski definition) is 0. The van der Waals surface area contributed by atoms with Crippen LogP contribution >= 0.6 is 46.7 Å². The summed E-state index contributed by atoms with van der Waals surface area (Å²) < 4.78 is 5.46. The standard InChI is InChI=1S/C18H18Cl2O3S2/c1-23-7-8-24-15-9-11-14(25-15)6-5-10(17(11)20)18(22)16-12(19)3-2-4-13(16)21/h5-6,15H,2-4,7-9H2,1H3. The van der Waals surface area contributed by atoms with Crippen molar-refractivity contribution in [1.29, 1.82) is 0 Å². The van der Waals surface area contributed by atoms with Crippen molar-refractivity contribution in [2.75, 3.05) is 19.5 Å². The number of rotatable bonds is 6. The maximum absolute atomic E-state index is 12.9. The molecule has 0 saturated heterocycles. The molecule has 0 N–H and O–H groups in total. The van der Waals surface area contributed by atoms with Crippen LogP contribution in [0.4, 0.5) is 0 Å². The predicted molar refractivity (Wildman–Crippen MR) is 105 cm³/mol. The molecular formula is C18H18Cl2O3S2. The molecule has 1 heterocycles. The van der Waals surface area contributed by atoms with Gasteiger partial charge in [0.15, 0.2) is 11.6 Å². The Bertz CT molecular complexity index is 746. The van der Waals surface area contributed by atoms with E-state index in [0.717, 1.165) is 22.6 Å². The highest BCUT2D eigenvalue weighted by Crippen LogP contribution is 2.46. The fraction of sp³-hybridized carbons (Fsp3) is 0.444. The number of fused-ring (bicyclic) bond motifs is 1. The van der Waals surface area contributed by atoms with E-state index < -0.39 is 0 Å². The molecular weight excluding hydrogens is 399 g/mol. The van der Waals surface area contributed by atoms with E-state index >= 15 is 0 Å². The molecule has 0 radical (unpaired) electrons. The van der Waals surface area contributed by atoms with Gasteiger partial charge in [-0.05, 0) is 37.0 Å². The number of methoxy groups -OCH3 is 1. The predicted octanol–water partition coefficient (Wildman–Crippen LogP) is 5.12. The number of hydrogen-bond acceptors (Lipinski definition) is 5. The number of allylic oxidation sites excluding steroid dienone is 2. The van der Waals surface area contributed by atoms with Gasteiger partial charge < -0.3 is 4.74 Å². The second kappa shape index (κ2) is 8.49. The molecule has 1 aliphatic heterocycles. The SMILES string of the molecule is COCCSC1Cc2c(ccc(C(=O)C3=C(Cl)CCCC3=O)c2Cl)S1. The summed E-state index contributed by atoms with van der Waals surface area (Å²) in [5.74, 6) is 0.394. The maximum Gasteiger partial charge on any atom is 0.199 e. The Morgan fingerprint density at radius 1 is 1.36 bits per heavy atom. The van der Waals surface area contributed by atoms with Crippen molar-refractivity contribution in [2.45, 2.75) is 35.2 Å². The second-order valence-corrected chi connectivity index (χ2v) is 9.59. The van der Waals surface area contributed by atoms with Gasteiger partial charge in [-0.25, -0.2) is 0 Å². The molecule has 0 spiro atoms. The Hall–Kier alpha value is -0.460. The lowest BCUT2D eigenvalue weighted by molar-refractivity contribution is -0.115. The van der Waals surface area contributed by atoms with Gasteiger partial charge in [-0.2, -0.15) is 0 Å². The smallest absolute Gasteiger partial charge is 0.199 e. The number of carbonyl (C=O) groups excluding carboxylic acids is 2. The van der Waals surface area contributed by atoms with Gasteiger partial charge in [0.2, 0.25) is 0 Å². The average Bonchev–Trinajstić information content (AvgIpc) is 2.99. The van der Waals surface area contributed by atoms with Gasteiger partial charge in [0.05, 0.1) is 21.8 Å². The summed E-state index contributed by atoms with van der Waals surface area (Å²) in [6, 6.07) is 3.65. The Morgan fingerprint density at radius 3 is 2.88 bits per heavy atom. The highest BCUT2D eigenvalue weighted by atomic mass is 35.5. The summed E-state index contributed by atoms with van der Waals surface area (Å²) in [4.78, 5) is 26.1. The summed E-state index contributed by atoms with van der Waals surface area (Å²) in [5.41, 5.74) is 1.49. The lowest BCUT2D eigenvalue weighted by Crippen LogP contribution is -2.18. The van der Waals surface area contributed by atoms with Crippen molar-refractivity contribution >= 4 is 58.3 Å². The van der Waals surface area contributed by atoms with Gasteiger partial charge in [0.25, 0.3) is 0 Å². The van der Waals surface area contributed by atoms with E-state index in [1.165, 1.54) is 0 Å². The molecule has 2 aliphatic rings. The van der Waals surface area contributed by atoms with Crippen LogP contribution in [-0.2, 0) is 16.0 Å². The van der Waals surface area contributed by atoms with Crippen molar-refractivity contribution in [1.82, 2.24) is 0 Å². The van der Waals surface area contributed by atoms with E-state index in [1.807, 2.05) is 17.8 Å². The quantitative estimate of drug-likeness (QED) is 0.365. The largest absolute Gasteiger partial charge is 0.384 e. The first-order chi connectivity index (χ1) is 12.0. The number of ketones is 2. The number of thioether (sulfide) groups is 2. The number of Topliss-reactive ketones (excluding diaryl/α,β-unsaturated/α-hetero) is 2. The fourth-order valence-corrected chi connectivity index (χ4v) is 6.37. The molecule has 0 amide bonds. The minimum Gasteiger partial charge on any atom is -0.384 e. The van der Waals surface area contributed by atoms with E-state index in [2.05, 4.69) is 0 Å². The number of ether oxygens (including phenoxy) is 1. The Morgan fingerprint density at radius 2 is 2.16 bits per heavy atom. The summed E-state index contributed by atoms with van der Waals surface area (Å²) in [7, 11) is 1.69. The summed E-state index contributed by atoms with van der Waals surface area (Å²) in [6.07, 6.45) is 2.44. The molecule has 1 aromatic rings. The number of benzene rings is 1. The van der Waals surface area contributed by atoms with E-state index in [0.29, 0.717) is 46.1 Å². The molecule has 134 valence electrons. The molecule has 0 saturated carbocycles. The molecule has 3 nitrogen and oxygen atoms in total. The lowest BCUT2D eigenvalue weighted by Gasteiger charge is -2.15. The zero-order chi connectivity index (χ0) is 18.0. The maximum atomic E-state index is 12.9. The van der Waals surface area contributed by atoms with Gasteiger partial charge in [0, 0.05) is 34.8 Å². The third-order valence-corrected chi connectivity index (χ3v) is 7.76. The molecule has 0 fully saturated rings. The van der Waals surface area contributed by atoms with Crippen LogP contribution in [0, 0.1) is 0 Å². The van der Waals surface area contributed by atoms with Crippen LogP contribution in [0.25, 0.3) is 0 Å². The Kier molecular flexibility index (Phi) is 6.55. The van der Waals surface area contributed by atoms with E-state index in [-0.39, 0.29) is 17.1 Å². The van der Waals surface area contributed by atoms with Gasteiger partial charge in [-0.3, -0.25) is 9.59 Å². The number of halogens is 2. The fourth-order valence-electron chi connectivity index (χ4n) is 2.98. The third kappa shape index (κ3) is 4.11. The van der Waals surface area contributed by atoms with Crippen molar-refractivity contribution in [3.8, 4) is 0 Å². The van der Waals surface area contributed by atoms with Crippen LogP contribution in [0.5, 0.6) is 0 Å².